The first kappa shape index (κ1) is 20.4. The molecule has 5 N–H and O–H groups in total. The fraction of sp³-hybridized carbons (Fsp3) is 0.333. The third kappa shape index (κ3) is 4.99. The minimum Gasteiger partial charge on any atom is -0.492 e. The van der Waals surface area contributed by atoms with Crippen LogP contribution in [-0.2, 0) is 0 Å². The highest BCUT2D eigenvalue weighted by Crippen LogP contribution is 2.31. The van der Waals surface area contributed by atoms with E-state index in [1.807, 2.05) is 48.5 Å². The highest BCUT2D eigenvalue weighted by atomic mass is 32.1. The number of fused-ring (bicyclic) bond motifs is 1. The van der Waals surface area contributed by atoms with E-state index in [2.05, 4.69) is 20.4 Å². The molecule has 2 aromatic carbocycles. The van der Waals surface area contributed by atoms with E-state index in [4.69, 9.17) is 21.2 Å². The number of para-hydroxylation sites is 1. The third-order valence-electron chi connectivity index (χ3n) is 5.24. The Kier molecular flexibility index (Phi) is 6.63. The highest BCUT2D eigenvalue weighted by Gasteiger charge is 2.22. The number of nitrogens with one attached hydrogen (secondary N) is 1. The Balaban J connectivity index is 1.22. The van der Waals surface area contributed by atoms with Crippen LogP contribution in [0.25, 0.3) is 10.2 Å². The van der Waals surface area contributed by atoms with Crippen LogP contribution in [0.2, 0.25) is 0 Å². The van der Waals surface area contributed by atoms with Gasteiger partial charge in [0.15, 0.2) is 0 Å². The van der Waals surface area contributed by atoms with Crippen molar-refractivity contribution < 1.29 is 9.47 Å². The van der Waals surface area contributed by atoms with Gasteiger partial charge in [-0.05, 0) is 62.3 Å². The number of ether oxygens (including phenoxy) is 2. The SMILES string of the molecule is N/N=C(\NN)C1CCN(CCOc2ccc(Oc3nc4ccccc4s3)cc2)CC1. The Morgan fingerprint density at radius 3 is 2.57 bits per heavy atom. The molecule has 0 unspecified atom stereocenters. The lowest BCUT2D eigenvalue weighted by Crippen LogP contribution is -2.44. The van der Waals surface area contributed by atoms with Gasteiger partial charge in [0.25, 0.3) is 5.19 Å². The summed E-state index contributed by atoms with van der Waals surface area (Å²) < 4.78 is 12.9. The van der Waals surface area contributed by atoms with Gasteiger partial charge < -0.3 is 20.7 Å². The van der Waals surface area contributed by atoms with Gasteiger partial charge in [-0.3, -0.25) is 4.90 Å². The maximum atomic E-state index is 5.89. The number of rotatable bonds is 7. The van der Waals surface area contributed by atoms with Crippen molar-refractivity contribution in [3.05, 3.63) is 48.5 Å². The first-order valence-corrected chi connectivity index (χ1v) is 10.8. The van der Waals surface area contributed by atoms with Gasteiger partial charge in [-0.15, -0.1) is 0 Å². The van der Waals surface area contributed by atoms with Gasteiger partial charge in [-0.1, -0.05) is 23.5 Å². The molecule has 30 heavy (non-hydrogen) atoms. The largest absolute Gasteiger partial charge is 0.492 e. The van der Waals surface area contributed by atoms with Crippen LogP contribution in [0.5, 0.6) is 16.7 Å². The predicted octanol–water partition coefficient (Wildman–Crippen LogP) is 2.91. The minimum absolute atomic E-state index is 0.306. The van der Waals surface area contributed by atoms with Crippen molar-refractivity contribution in [2.75, 3.05) is 26.2 Å². The molecule has 0 spiro atoms. The van der Waals surface area contributed by atoms with Gasteiger partial charge in [-0.2, -0.15) is 5.10 Å². The van der Waals surface area contributed by atoms with Crippen molar-refractivity contribution in [1.29, 1.82) is 0 Å². The molecule has 0 bridgehead atoms. The summed E-state index contributed by atoms with van der Waals surface area (Å²) in [6.45, 7) is 3.46. The van der Waals surface area contributed by atoms with E-state index in [-0.39, 0.29) is 0 Å². The van der Waals surface area contributed by atoms with Gasteiger partial charge in [0.2, 0.25) is 0 Å². The quantitative estimate of drug-likeness (QED) is 0.230. The average molecular weight is 427 g/mol. The molecule has 0 aliphatic carbocycles. The summed E-state index contributed by atoms with van der Waals surface area (Å²) in [5.74, 6) is 13.4. The Labute approximate surface area is 179 Å². The molecule has 8 nitrogen and oxygen atoms in total. The highest BCUT2D eigenvalue weighted by molar-refractivity contribution is 7.20. The van der Waals surface area contributed by atoms with Gasteiger partial charge in [0.1, 0.15) is 23.9 Å². The number of hydrogen-bond acceptors (Lipinski definition) is 8. The number of piperidine rings is 1. The number of thiazole rings is 1. The van der Waals surface area contributed by atoms with E-state index in [1.54, 1.807) is 0 Å². The van der Waals surface area contributed by atoms with Gasteiger partial charge in [0, 0.05) is 12.5 Å². The number of benzene rings is 2. The number of aromatic nitrogens is 1. The number of amidine groups is 1. The van der Waals surface area contributed by atoms with E-state index < -0.39 is 0 Å². The van der Waals surface area contributed by atoms with Crippen molar-refractivity contribution in [3.8, 4) is 16.7 Å². The monoisotopic (exact) mass is 426 g/mol. The van der Waals surface area contributed by atoms with Crippen LogP contribution in [0.3, 0.4) is 0 Å². The van der Waals surface area contributed by atoms with Crippen molar-refractivity contribution in [2.45, 2.75) is 12.8 Å². The summed E-state index contributed by atoms with van der Waals surface area (Å²) in [4.78, 5) is 6.87. The van der Waals surface area contributed by atoms with Gasteiger partial charge >= 0.3 is 0 Å². The first-order chi connectivity index (χ1) is 14.7. The van der Waals surface area contributed by atoms with E-state index in [1.165, 1.54) is 11.3 Å². The zero-order chi connectivity index (χ0) is 20.8. The summed E-state index contributed by atoms with van der Waals surface area (Å²) in [7, 11) is 0. The Hall–Kier alpha value is -2.88. The van der Waals surface area contributed by atoms with Crippen molar-refractivity contribution in [3.63, 3.8) is 0 Å². The number of nitrogens with zero attached hydrogens (tertiary/aromatic N) is 3. The van der Waals surface area contributed by atoms with Crippen LogP contribution >= 0.6 is 11.3 Å². The molecule has 1 fully saturated rings. The molecule has 0 amide bonds. The molecule has 1 saturated heterocycles. The fourth-order valence-corrected chi connectivity index (χ4v) is 4.42. The molecule has 9 heteroatoms. The fourth-order valence-electron chi connectivity index (χ4n) is 3.58. The van der Waals surface area contributed by atoms with Crippen molar-refractivity contribution in [2.24, 2.45) is 22.7 Å². The lowest BCUT2D eigenvalue weighted by molar-refractivity contribution is 0.170. The second-order valence-electron chi connectivity index (χ2n) is 7.14. The minimum atomic E-state index is 0.306. The summed E-state index contributed by atoms with van der Waals surface area (Å²) in [5.41, 5.74) is 3.55. The van der Waals surface area contributed by atoms with E-state index >= 15 is 0 Å². The summed E-state index contributed by atoms with van der Waals surface area (Å²) in [6, 6.07) is 15.7. The number of nitrogens with two attached hydrogens (primary N) is 2. The Morgan fingerprint density at radius 2 is 1.87 bits per heavy atom. The van der Waals surface area contributed by atoms with Gasteiger partial charge in [0.05, 0.1) is 10.2 Å². The molecular formula is C21H26N6O2S. The lowest BCUT2D eigenvalue weighted by Gasteiger charge is -2.31. The van der Waals surface area contributed by atoms with Crippen LogP contribution in [0.15, 0.2) is 53.6 Å². The molecule has 1 aliphatic rings. The molecule has 0 radical (unpaired) electrons. The second-order valence-corrected chi connectivity index (χ2v) is 8.14. The lowest BCUT2D eigenvalue weighted by atomic mass is 9.96. The molecule has 0 atom stereocenters. The number of hydrogen-bond donors (Lipinski definition) is 3. The van der Waals surface area contributed by atoms with Crippen molar-refractivity contribution >= 4 is 27.4 Å². The van der Waals surface area contributed by atoms with Crippen LogP contribution < -0.4 is 26.6 Å². The normalized spacial score (nSPS) is 16.0. The molecule has 1 aliphatic heterocycles. The van der Waals surface area contributed by atoms with E-state index in [0.717, 1.165) is 54.2 Å². The molecular weight excluding hydrogens is 400 g/mol. The molecule has 2 heterocycles. The number of hydrazone groups is 1. The second kappa shape index (κ2) is 9.75. The Morgan fingerprint density at radius 1 is 1.13 bits per heavy atom. The number of hydrazine groups is 1. The zero-order valence-corrected chi connectivity index (χ0v) is 17.5. The topological polar surface area (TPSA) is 111 Å². The van der Waals surface area contributed by atoms with Crippen LogP contribution in [0.4, 0.5) is 0 Å². The molecule has 158 valence electrons. The van der Waals surface area contributed by atoms with Crippen molar-refractivity contribution in [1.82, 2.24) is 15.3 Å². The predicted molar refractivity (Wildman–Crippen MR) is 120 cm³/mol. The average Bonchev–Trinajstić information content (AvgIpc) is 3.19. The summed E-state index contributed by atoms with van der Waals surface area (Å²) in [5, 5.41) is 4.37. The summed E-state index contributed by atoms with van der Waals surface area (Å²) >= 11 is 1.54. The maximum absolute atomic E-state index is 5.89. The first-order valence-electron chi connectivity index (χ1n) is 9.98. The molecule has 0 saturated carbocycles. The summed E-state index contributed by atoms with van der Waals surface area (Å²) in [6.07, 6.45) is 1.97. The Bertz CT molecular complexity index is 950. The maximum Gasteiger partial charge on any atom is 0.279 e. The molecule has 1 aromatic heterocycles. The van der Waals surface area contributed by atoms with Crippen LogP contribution in [0.1, 0.15) is 12.8 Å². The van der Waals surface area contributed by atoms with E-state index in [9.17, 15) is 0 Å². The van der Waals surface area contributed by atoms with E-state index in [0.29, 0.717) is 23.6 Å². The number of likely N-dealkylation sites (tertiary alicyclic amines) is 1. The zero-order valence-electron chi connectivity index (χ0n) is 16.7. The van der Waals surface area contributed by atoms with Crippen LogP contribution in [-0.4, -0.2) is 42.0 Å². The molecule has 4 rings (SSSR count). The molecule has 3 aromatic rings. The van der Waals surface area contributed by atoms with Gasteiger partial charge in [-0.25, -0.2) is 10.8 Å². The standard InChI is InChI=1S/C21H26N6O2S/c22-25-20(26-23)15-9-11-27(12-10-15)13-14-28-16-5-7-17(8-6-16)29-21-24-18-3-1-2-4-19(18)30-21/h1-8,15H,9-14,22-23H2,(H,25,26). The smallest absolute Gasteiger partial charge is 0.279 e. The third-order valence-corrected chi connectivity index (χ3v) is 6.16. The van der Waals surface area contributed by atoms with Crippen LogP contribution in [0, 0.1) is 5.92 Å².